The number of benzene rings is 2. The molecule has 5 heteroatoms. The molecule has 0 heterocycles. The van der Waals surface area contributed by atoms with Gasteiger partial charge >= 0.3 is 0 Å². The van der Waals surface area contributed by atoms with E-state index in [9.17, 15) is 13.2 Å². The normalized spacial score (nSPS) is 11.9. The maximum atomic E-state index is 12.4. The Balaban J connectivity index is 1.95. The second-order valence-electron chi connectivity index (χ2n) is 6.47. The van der Waals surface area contributed by atoms with Crippen molar-refractivity contribution in [1.29, 1.82) is 0 Å². The van der Waals surface area contributed by atoms with Gasteiger partial charge in [0.25, 0.3) is 10.0 Å². The molecule has 2 aromatic carbocycles. The molecule has 0 aliphatic carbocycles. The number of carbonyl (C=O) groups is 1. The lowest BCUT2D eigenvalue weighted by Gasteiger charge is -2.23. The highest BCUT2D eigenvalue weighted by Gasteiger charge is 2.30. The van der Waals surface area contributed by atoms with Gasteiger partial charge in [-0.1, -0.05) is 62.4 Å². The summed E-state index contributed by atoms with van der Waals surface area (Å²) in [4.78, 5) is 12.5. The molecule has 1 N–H and O–H groups in total. The second kappa shape index (κ2) is 7.62. The van der Waals surface area contributed by atoms with Crippen LogP contribution in [0.5, 0.6) is 0 Å². The Labute approximate surface area is 144 Å². The molecule has 0 spiro atoms. The zero-order valence-corrected chi connectivity index (χ0v) is 14.8. The number of amides is 1. The van der Waals surface area contributed by atoms with E-state index in [1.54, 1.807) is 32.0 Å². The summed E-state index contributed by atoms with van der Waals surface area (Å²) in [5.41, 5.74) is 0.460. The van der Waals surface area contributed by atoms with E-state index in [2.05, 4.69) is 4.72 Å². The van der Waals surface area contributed by atoms with Gasteiger partial charge in [0.05, 0.1) is 4.90 Å². The fourth-order valence-electron chi connectivity index (χ4n) is 2.41. The lowest BCUT2D eigenvalue weighted by molar-refractivity contribution is -0.127. The summed E-state index contributed by atoms with van der Waals surface area (Å²) >= 11 is 0. The minimum Gasteiger partial charge on any atom is -0.273 e. The molecule has 0 bridgehead atoms. The van der Waals surface area contributed by atoms with E-state index in [-0.39, 0.29) is 4.90 Å². The van der Waals surface area contributed by atoms with E-state index in [1.807, 2.05) is 30.3 Å². The molecule has 128 valence electrons. The molecule has 0 saturated carbocycles. The van der Waals surface area contributed by atoms with Gasteiger partial charge < -0.3 is 0 Å². The van der Waals surface area contributed by atoms with Crippen LogP contribution in [-0.4, -0.2) is 14.3 Å². The molecule has 1 amide bonds. The maximum Gasteiger partial charge on any atom is 0.264 e. The lowest BCUT2D eigenvalue weighted by Crippen LogP contribution is -2.40. The van der Waals surface area contributed by atoms with Crippen LogP contribution in [0.1, 0.15) is 32.3 Å². The quantitative estimate of drug-likeness (QED) is 0.835. The average Bonchev–Trinajstić information content (AvgIpc) is 2.56. The fraction of sp³-hybridized carbons (Fsp3) is 0.316. The first kappa shape index (κ1) is 18.2. The van der Waals surface area contributed by atoms with Gasteiger partial charge in [-0.2, -0.15) is 0 Å². The van der Waals surface area contributed by atoms with Crippen molar-refractivity contribution in [3.8, 4) is 0 Å². The standard InChI is InChI=1S/C19H23NO3S/c1-19(2,15-9-12-16-10-5-3-6-11-16)18(21)20-24(22,23)17-13-7-4-8-14-17/h3-8,10-11,13-14H,9,12,15H2,1-2H3,(H,20,21). The fourth-order valence-corrected chi connectivity index (χ4v) is 3.57. The third-order valence-corrected chi connectivity index (χ3v) is 5.35. The Morgan fingerprint density at radius 2 is 1.50 bits per heavy atom. The smallest absolute Gasteiger partial charge is 0.264 e. The zero-order valence-electron chi connectivity index (χ0n) is 14.0. The van der Waals surface area contributed by atoms with Crippen molar-refractivity contribution in [1.82, 2.24) is 4.72 Å². The lowest BCUT2D eigenvalue weighted by atomic mass is 9.86. The van der Waals surface area contributed by atoms with E-state index < -0.39 is 21.3 Å². The summed E-state index contributed by atoms with van der Waals surface area (Å²) in [5, 5.41) is 0. The SMILES string of the molecule is CC(C)(CCCc1ccccc1)C(=O)NS(=O)(=O)c1ccccc1. The van der Waals surface area contributed by atoms with Crippen LogP contribution in [0.25, 0.3) is 0 Å². The number of sulfonamides is 1. The van der Waals surface area contributed by atoms with Crippen LogP contribution >= 0.6 is 0 Å². The van der Waals surface area contributed by atoms with Gasteiger partial charge in [0, 0.05) is 5.41 Å². The van der Waals surface area contributed by atoms with Crippen molar-refractivity contribution in [3.05, 3.63) is 66.2 Å². The summed E-state index contributed by atoms with van der Waals surface area (Å²) in [6, 6.07) is 18.0. The zero-order chi connectivity index (χ0) is 17.6. The molecule has 0 aromatic heterocycles. The van der Waals surface area contributed by atoms with Gasteiger partial charge in [0.1, 0.15) is 0 Å². The highest BCUT2D eigenvalue weighted by atomic mass is 32.2. The Hall–Kier alpha value is -2.14. The molecule has 2 rings (SSSR count). The number of aryl methyl sites for hydroxylation is 1. The molecule has 0 fully saturated rings. The molecule has 0 saturated heterocycles. The van der Waals surface area contributed by atoms with E-state index in [0.717, 1.165) is 12.8 Å². The van der Waals surface area contributed by atoms with Gasteiger partial charge in [-0.25, -0.2) is 13.1 Å². The van der Waals surface area contributed by atoms with E-state index in [1.165, 1.54) is 17.7 Å². The third kappa shape index (κ3) is 4.93. The first-order chi connectivity index (χ1) is 11.3. The Morgan fingerprint density at radius 3 is 2.08 bits per heavy atom. The Bertz CT molecular complexity index is 769. The van der Waals surface area contributed by atoms with Crippen LogP contribution < -0.4 is 4.72 Å². The van der Waals surface area contributed by atoms with E-state index >= 15 is 0 Å². The van der Waals surface area contributed by atoms with Crippen molar-refractivity contribution in [3.63, 3.8) is 0 Å². The molecule has 24 heavy (non-hydrogen) atoms. The average molecular weight is 345 g/mol. The maximum absolute atomic E-state index is 12.4. The number of hydrogen-bond donors (Lipinski definition) is 1. The van der Waals surface area contributed by atoms with E-state index in [4.69, 9.17) is 0 Å². The van der Waals surface area contributed by atoms with Crippen LogP contribution in [0, 0.1) is 5.41 Å². The Morgan fingerprint density at radius 1 is 0.958 bits per heavy atom. The highest BCUT2D eigenvalue weighted by Crippen LogP contribution is 2.24. The van der Waals surface area contributed by atoms with Gasteiger partial charge in [0.15, 0.2) is 0 Å². The molecular formula is C19H23NO3S. The van der Waals surface area contributed by atoms with Crippen LogP contribution in [-0.2, 0) is 21.2 Å². The minimum absolute atomic E-state index is 0.0958. The van der Waals surface area contributed by atoms with Crippen LogP contribution in [0.2, 0.25) is 0 Å². The minimum atomic E-state index is -3.82. The highest BCUT2D eigenvalue weighted by molar-refractivity contribution is 7.90. The number of carbonyl (C=O) groups excluding carboxylic acids is 1. The van der Waals surface area contributed by atoms with Crippen molar-refractivity contribution in [2.24, 2.45) is 5.41 Å². The molecule has 2 aromatic rings. The number of rotatable bonds is 7. The molecule has 0 aliphatic heterocycles. The van der Waals surface area contributed by atoms with Gasteiger partial charge in [0.2, 0.25) is 5.91 Å². The first-order valence-electron chi connectivity index (χ1n) is 7.97. The van der Waals surface area contributed by atoms with Gasteiger partial charge in [-0.15, -0.1) is 0 Å². The summed E-state index contributed by atoms with van der Waals surface area (Å²) < 4.78 is 26.7. The van der Waals surface area contributed by atoms with Gasteiger partial charge in [-0.3, -0.25) is 4.79 Å². The largest absolute Gasteiger partial charge is 0.273 e. The molecular weight excluding hydrogens is 322 g/mol. The molecule has 0 radical (unpaired) electrons. The van der Waals surface area contributed by atoms with Crippen LogP contribution in [0.3, 0.4) is 0 Å². The Kier molecular flexibility index (Phi) is 5.78. The predicted molar refractivity (Wildman–Crippen MR) is 94.9 cm³/mol. The molecule has 0 atom stereocenters. The summed E-state index contributed by atoms with van der Waals surface area (Å²) in [7, 11) is -3.82. The first-order valence-corrected chi connectivity index (χ1v) is 9.46. The van der Waals surface area contributed by atoms with Crippen molar-refractivity contribution >= 4 is 15.9 Å². The van der Waals surface area contributed by atoms with Crippen LogP contribution in [0.4, 0.5) is 0 Å². The third-order valence-electron chi connectivity index (χ3n) is 4.01. The topological polar surface area (TPSA) is 63.2 Å². The van der Waals surface area contributed by atoms with Crippen molar-refractivity contribution < 1.29 is 13.2 Å². The summed E-state index contributed by atoms with van der Waals surface area (Å²) in [6.07, 6.45) is 2.29. The van der Waals surface area contributed by atoms with Gasteiger partial charge in [-0.05, 0) is 37.0 Å². The molecule has 0 unspecified atom stereocenters. The summed E-state index contributed by atoms with van der Waals surface area (Å²) in [6.45, 7) is 3.54. The van der Waals surface area contributed by atoms with Crippen molar-refractivity contribution in [2.75, 3.05) is 0 Å². The van der Waals surface area contributed by atoms with Crippen molar-refractivity contribution in [2.45, 2.75) is 38.0 Å². The molecule has 0 aliphatic rings. The van der Waals surface area contributed by atoms with E-state index in [0.29, 0.717) is 6.42 Å². The second-order valence-corrected chi connectivity index (χ2v) is 8.15. The monoisotopic (exact) mass is 345 g/mol. The number of nitrogens with one attached hydrogen (secondary N) is 1. The number of hydrogen-bond acceptors (Lipinski definition) is 3. The van der Waals surface area contributed by atoms with Crippen LogP contribution in [0.15, 0.2) is 65.6 Å². The molecule has 4 nitrogen and oxygen atoms in total. The predicted octanol–water partition coefficient (Wildman–Crippen LogP) is 3.54. The summed E-state index contributed by atoms with van der Waals surface area (Å²) in [5.74, 6) is -0.473.